The topological polar surface area (TPSA) is 98.8 Å². The van der Waals surface area contributed by atoms with Crippen molar-refractivity contribution in [1.82, 2.24) is 0 Å². The Balaban J connectivity index is 2.96. The van der Waals surface area contributed by atoms with Gasteiger partial charge in [-0.2, -0.15) is 0 Å². The molecular weight excluding hydrogens is 306 g/mol. The average Bonchev–Trinajstić information content (AvgIpc) is 2.29. The summed E-state index contributed by atoms with van der Waals surface area (Å²) in [5.74, 6) is -0.945. The van der Waals surface area contributed by atoms with Crippen LogP contribution in [-0.4, -0.2) is 30.7 Å². The SMILES string of the molecule is COc1cc(C(=O)O)cc(Br)c1OCCC(N)=O. The number of amides is 1. The summed E-state index contributed by atoms with van der Waals surface area (Å²) in [4.78, 5) is 21.5. The van der Waals surface area contributed by atoms with Crippen molar-refractivity contribution < 1.29 is 24.2 Å². The van der Waals surface area contributed by atoms with Gasteiger partial charge in [-0.25, -0.2) is 4.79 Å². The predicted octanol–water partition coefficient (Wildman–Crippen LogP) is 1.41. The van der Waals surface area contributed by atoms with E-state index in [4.69, 9.17) is 20.3 Å². The number of carbonyl (C=O) groups excluding carboxylic acids is 1. The highest BCUT2D eigenvalue weighted by molar-refractivity contribution is 9.10. The number of methoxy groups -OCH3 is 1. The molecule has 1 amide bonds. The molecule has 98 valence electrons. The summed E-state index contributed by atoms with van der Waals surface area (Å²) < 4.78 is 10.8. The van der Waals surface area contributed by atoms with Gasteiger partial charge in [0.05, 0.1) is 30.2 Å². The number of aromatic carboxylic acids is 1. The lowest BCUT2D eigenvalue weighted by atomic mass is 10.2. The van der Waals surface area contributed by atoms with Gasteiger partial charge in [0.2, 0.25) is 5.91 Å². The van der Waals surface area contributed by atoms with Crippen molar-refractivity contribution in [3.05, 3.63) is 22.2 Å². The summed E-state index contributed by atoms with van der Waals surface area (Å²) >= 11 is 3.19. The van der Waals surface area contributed by atoms with Crippen LogP contribution in [0.4, 0.5) is 0 Å². The molecule has 0 saturated heterocycles. The monoisotopic (exact) mass is 317 g/mol. The molecule has 0 heterocycles. The molecule has 1 aromatic carbocycles. The van der Waals surface area contributed by atoms with Gasteiger partial charge in [0, 0.05) is 0 Å². The third-order valence-electron chi connectivity index (χ3n) is 2.07. The molecular formula is C11H12BrNO5. The van der Waals surface area contributed by atoms with Crippen LogP contribution < -0.4 is 15.2 Å². The van der Waals surface area contributed by atoms with E-state index in [1.54, 1.807) is 0 Å². The molecule has 0 atom stereocenters. The van der Waals surface area contributed by atoms with E-state index in [2.05, 4.69) is 15.9 Å². The number of carbonyl (C=O) groups is 2. The maximum atomic E-state index is 10.9. The maximum Gasteiger partial charge on any atom is 0.335 e. The number of halogens is 1. The summed E-state index contributed by atoms with van der Waals surface area (Å²) in [6.07, 6.45) is 0.0658. The van der Waals surface area contributed by atoms with E-state index >= 15 is 0 Å². The molecule has 1 aromatic rings. The highest BCUT2D eigenvalue weighted by Crippen LogP contribution is 2.36. The second-order valence-electron chi connectivity index (χ2n) is 3.36. The minimum Gasteiger partial charge on any atom is -0.493 e. The summed E-state index contributed by atoms with van der Waals surface area (Å²) in [6, 6.07) is 2.73. The predicted molar refractivity (Wildman–Crippen MR) is 67.0 cm³/mol. The fourth-order valence-corrected chi connectivity index (χ4v) is 1.79. The van der Waals surface area contributed by atoms with Crippen molar-refractivity contribution in [3.8, 4) is 11.5 Å². The summed E-state index contributed by atoms with van der Waals surface area (Å²) in [6.45, 7) is 0.0940. The third-order valence-corrected chi connectivity index (χ3v) is 2.66. The number of rotatable bonds is 6. The summed E-state index contributed by atoms with van der Waals surface area (Å²) in [5.41, 5.74) is 5.06. The van der Waals surface area contributed by atoms with E-state index in [0.717, 1.165) is 0 Å². The smallest absolute Gasteiger partial charge is 0.335 e. The van der Waals surface area contributed by atoms with E-state index in [1.807, 2.05) is 0 Å². The fourth-order valence-electron chi connectivity index (χ4n) is 1.24. The first-order chi connectivity index (χ1) is 8.45. The minimum atomic E-state index is -1.07. The molecule has 0 aliphatic rings. The number of ether oxygens (including phenoxy) is 2. The van der Waals surface area contributed by atoms with Gasteiger partial charge in [-0.05, 0) is 28.1 Å². The van der Waals surface area contributed by atoms with E-state index < -0.39 is 11.9 Å². The van der Waals surface area contributed by atoms with Crippen molar-refractivity contribution in [3.63, 3.8) is 0 Å². The summed E-state index contributed by atoms with van der Waals surface area (Å²) in [7, 11) is 1.40. The molecule has 0 unspecified atom stereocenters. The van der Waals surface area contributed by atoms with Gasteiger partial charge in [0.15, 0.2) is 11.5 Å². The van der Waals surface area contributed by atoms with Crippen molar-refractivity contribution in [2.75, 3.05) is 13.7 Å². The second-order valence-corrected chi connectivity index (χ2v) is 4.21. The van der Waals surface area contributed by atoms with Gasteiger partial charge in [0.1, 0.15) is 0 Å². The van der Waals surface area contributed by atoms with Gasteiger partial charge >= 0.3 is 5.97 Å². The number of carboxylic acids is 1. The zero-order valence-corrected chi connectivity index (χ0v) is 11.2. The molecule has 3 N–H and O–H groups in total. The van der Waals surface area contributed by atoms with Crippen LogP contribution in [0.2, 0.25) is 0 Å². The highest BCUT2D eigenvalue weighted by atomic mass is 79.9. The van der Waals surface area contributed by atoms with Crippen molar-refractivity contribution in [1.29, 1.82) is 0 Å². The van der Waals surface area contributed by atoms with Gasteiger partial charge in [0.25, 0.3) is 0 Å². The molecule has 0 bridgehead atoms. The Labute approximate surface area is 112 Å². The van der Waals surface area contributed by atoms with Crippen LogP contribution in [0.25, 0.3) is 0 Å². The fraction of sp³-hybridized carbons (Fsp3) is 0.273. The van der Waals surface area contributed by atoms with Crippen LogP contribution in [0.5, 0.6) is 11.5 Å². The van der Waals surface area contributed by atoms with Crippen molar-refractivity contribution in [2.24, 2.45) is 5.73 Å². The lowest BCUT2D eigenvalue weighted by Gasteiger charge is -2.12. The Morgan fingerprint density at radius 1 is 1.44 bits per heavy atom. The Bertz CT molecular complexity index is 475. The standard InChI is InChI=1S/C11H12BrNO5/c1-17-8-5-6(11(15)16)4-7(12)10(8)18-3-2-9(13)14/h4-5H,2-3H2,1H3,(H2,13,14)(H,15,16). The molecule has 0 radical (unpaired) electrons. The first-order valence-electron chi connectivity index (χ1n) is 4.97. The second kappa shape index (κ2) is 6.25. The van der Waals surface area contributed by atoms with Crippen molar-refractivity contribution >= 4 is 27.8 Å². The van der Waals surface area contributed by atoms with Crippen LogP contribution in [0, 0.1) is 0 Å². The third kappa shape index (κ3) is 3.63. The van der Waals surface area contributed by atoms with Crippen LogP contribution in [-0.2, 0) is 4.79 Å². The van der Waals surface area contributed by atoms with Gasteiger partial charge in [-0.15, -0.1) is 0 Å². The molecule has 7 heteroatoms. The Kier molecular flexibility index (Phi) is 4.96. The largest absolute Gasteiger partial charge is 0.493 e. The number of primary amides is 1. The first kappa shape index (κ1) is 14.3. The number of nitrogens with two attached hydrogens (primary N) is 1. The number of benzene rings is 1. The van der Waals surface area contributed by atoms with E-state index in [9.17, 15) is 9.59 Å². The number of hydrogen-bond donors (Lipinski definition) is 2. The van der Waals surface area contributed by atoms with E-state index in [1.165, 1.54) is 19.2 Å². The first-order valence-corrected chi connectivity index (χ1v) is 5.77. The molecule has 1 rings (SSSR count). The quantitative estimate of drug-likeness (QED) is 0.826. The zero-order chi connectivity index (χ0) is 13.7. The Hall–Kier alpha value is -1.76. The Morgan fingerprint density at radius 3 is 2.61 bits per heavy atom. The van der Waals surface area contributed by atoms with Crippen LogP contribution >= 0.6 is 15.9 Å². The molecule has 0 aliphatic carbocycles. The lowest BCUT2D eigenvalue weighted by molar-refractivity contribution is -0.118. The highest BCUT2D eigenvalue weighted by Gasteiger charge is 2.15. The average molecular weight is 318 g/mol. The lowest BCUT2D eigenvalue weighted by Crippen LogP contribution is -2.15. The van der Waals surface area contributed by atoms with Crippen LogP contribution in [0.15, 0.2) is 16.6 Å². The normalized spacial score (nSPS) is 9.89. The van der Waals surface area contributed by atoms with Crippen molar-refractivity contribution in [2.45, 2.75) is 6.42 Å². The molecule has 0 saturated carbocycles. The van der Waals surface area contributed by atoms with Gasteiger partial charge < -0.3 is 20.3 Å². The number of hydrogen-bond acceptors (Lipinski definition) is 4. The molecule has 0 spiro atoms. The summed E-state index contributed by atoms with van der Waals surface area (Å²) in [5, 5.41) is 8.89. The van der Waals surface area contributed by atoms with Crippen LogP contribution in [0.3, 0.4) is 0 Å². The molecule has 0 fully saturated rings. The number of carboxylic acid groups (broad SMARTS) is 1. The van der Waals surface area contributed by atoms with Crippen LogP contribution in [0.1, 0.15) is 16.8 Å². The van der Waals surface area contributed by atoms with Gasteiger partial charge in [-0.3, -0.25) is 4.79 Å². The molecule has 0 aliphatic heterocycles. The molecule has 18 heavy (non-hydrogen) atoms. The molecule has 0 aromatic heterocycles. The van der Waals surface area contributed by atoms with Gasteiger partial charge in [-0.1, -0.05) is 0 Å². The molecule has 6 nitrogen and oxygen atoms in total. The Morgan fingerprint density at radius 2 is 2.11 bits per heavy atom. The zero-order valence-electron chi connectivity index (χ0n) is 9.60. The van der Waals surface area contributed by atoms with E-state index in [0.29, 0.717) is 10.2 Å². The minimum absolute atomic E-state index is 0.0658. The van der Waals surface area contributed by atoms with E-state index in [-0.39, 0.29) is 24.3 Å². The maximum absolute atomic E-state index is 10.9.